The summed E-state index contributed by atoms with van der Waals surface area (Å²) in [6, 6.07) is 18.4. The molecular weight excluding hydrogens is 501 g/mol. The predicted octanol–water partition coefficient (Wildman–Crippen LogP) is 5.33. The Morgan fingerprint density at radius 3 is 2.64 bits per heavy atom. The maximum Gasteiger partial charge on any atom is 0.255 e. The third-order valence-corrected chi connectivity index (χ3v) is 6.32. The SMILES string of the molecule is CCOc1cc([C@@H]2C(C(=O)Nc3ccccc3OC)=C(C)Nc3ncnn32)ccc1OCc1ccccc1F. The molecule has 9 nitrogen and oxygen atoms in total. The van der Waals surface area contributed by atoms with Crippen molar-refractivity contribution >= 4 is 17.5 Å². The van der Waals surface area contributed by atoms with Gasteiger partial charge in [0.1, 0.15) is 30.5 Å². The van der Waals surface area contributed by atoms with Gasteiger partial charge < -0.3 is 24.8 Å². The molecule has 10 heteroatoms. The molecule has 200 valence electrons. The van der Waals surface area contributed by atoms with Crippen LogP contribution in [0.5, 0.6) is 17.2 Å². The van der Waals surface area contributed by atoms with Crippen molar-refractivity contribution in [2.75, 3.05) is 24.4 Å². The minimum absolute atomic E-state index is 0.0399. The van der Waals surface area contributed by atoms with E-state index in [1.165, 1.54) is 12.4 Å². The average Bonchev–Trinajstić information content (AvgIpc) is 3.41. The van der Waals surface area contributed by atoms with Crippen LogP contribution in [0.1, 0.15) is 31.0 Å². The summed E-state index contributed by atoms with van der Waals surface area (Å²) >= 11 is 0. The van der Waals surface area contributed by atoms with E-state index >= 15 is 0 Å². The van der Waals surface area contributed by atoms with E-state index in [4.69, 9.17) is 14.2 Å². The zero-order valence-corrected chi connectivity index (χ0v) is 21.8. The lowest BCUT2D eigenvalue weighted by Gasteiger charge is -2.29. The van der Waals surface area contributed by atoms with Crippen LogP contribution in [0, 0.1) is 5.82 Å². The van der Waals surface area contributed by atoms with Crippen molar-refractivity contribution in [1.82, 2.24) is 14.8 Å². The second-order valence-corrected chi connectivity index (χ2v) is 8.77. The summed E-state index contributed by atoms with van der Waals surface area (Å²) < 4.78 is 33.0. The van der Waals surface area contributed by atoms with Crippen LogP contribution in [0.2, 0.25) is 0 Å². The molecule has 0 bridgehead atoms. The van der Waals surface area contributed by atoms with Gasteiger partial charge in [0.25, 0.3) is 5.91 Å². The molecule has 2 N–H and O–H groups in total. The Morgan fingerprint density at radius 1 is 1.05 bits per heavy atom. The highest BCUT2D eigenvalue weighted by atomic mass is 19.1. The first-order valence-corrected chi connectivity index (χ1v) is 12.4. The van der Waals surface area contributed by atoms with E-state index in [2.05, 4.69) is 20.7 Å². The number of allylic oxidation sites excluding steroid dienone is 1. The molecule has 2 heterocycles. The first-order chi connectivity index (χ1) is 19.0. The summed E-state index contributed by atoms with van der Waals surface area (Å²) in [6.07, 6.45) is 1.43. The lowest BCUT2D eigenvalue weighted by Crippen LogP contribution is -2.31. The number of anilines is 2. The number of hydrogen-bond donors (Lipinski definition) is 2. The molecule has 0 saturated carbocycles. The van der Waals surface area contributed by atoms with Gasteiger partial charge in [0.15, 0.2) is 11.5 Å². The topological polar surface area (TPSA) is 99.5 Å². The average molecular weight is 530 g/mol. The number of aromatic nitrogens is 3. The second-order valence-electron chi connectivity index (χ2n) is 8.77. The lowest BCUT2D eigenvalue weighted by atomic mass is 9.94. The zero-order chi connectivity index (χ0) is 27.4. The number of benzene rings is 3. The predicted molar refractivity (Wildman–Crippen MR) is 144 cm³/mol. The maximum atomic E-state index is 14.1. The van der Waals surface area contributed by atoms with Gasteiger partial charge in [-0.25, -0.2) is 9.07 Å². The van der Waals surface area contributed by atoms with E-state index in [-0.39, 0.29) is 18.3 Å². The number of carbonyl (C=O) groups excluding carboxylic acids is 1. The summed E-state index contributed by atoms with van der Waals surface area (Å²) in [5.74, 6) is 1.30. The Kier molecular flexibility index (Phi) is 7.44. The van der Waals surface area contributed by atoms with Crippen molar-refractivity contribution in [2.24, 2.45) is 0 Å². The number of ether oxygens (including phenoxy) is 3. The maximum absolute atomic E-state index is 14.1. The summed E-state index contributed by atoms with van der Waals surface area (Å²) in [4.78, 5) is 18.0. The fourth-order valence-corrected chi connectivity index (χ4v) is 4.48. The normalized spacial score (nSPS) is 14.3. The van der Waals surface area contributed by atoms with Gasteiger partial charge in [-0.3, -0.25) is 4.79 Å². The summed E-state index contributed by atoms with van der Waals surface area (Å²) in [7, 11) is 1.55. The first kappa shape index (κ1) is 25.8. The molecule has 1 atom stereocenters. The van der Waals surface area contributed by atoms with E-state index in [0.717, 1.165) is 5.56 Å². The molecule has 0 radical (unpaired) electrons. The van der Waals surface area contributed by atoms with Crippen LogP contribution in [0.4, 0.5) is 16.0 Å². The molecule has 0 spiro atoms. The number of para-hydroxylation sites is 2. The molecule has 39 heavy (non-hydrogen) atoms. The smallest absolute Gasteiger partial charge is 0.255 e. The van der Waals surface area contributed by atoms with Crippen LogP contribution in [-0.4, -0.2) is 34.4 Å². The van der Waals surface area contributed by atoms with E-state index in [9.17, 15) is 9.18 Å². The minimum atomic E-state index is -0.613. The third kappa shape index (κ3) is 5.26. The minimum Gasteiger partial charge on any atom is -0.495 e. The van der Waals surface area contributed by atoms with Crippen LogP contribution < -0.4 is 24.8 Å². The van der Waals surface area contributed by atoms with Gasteiger partial charge in [-0.2, -0.15) is 10.1 Å². The quantitative estimate of drug-likeness (QED) is 0.302. The molecule has 0 aliphatic carbocycles. The van der Waals surface area contributed by atoms with Crippen LogP contribution >= 0.6 is 0 Å². The zero-order valence-electron chi connectivity index (χ0n) is 21.8. The summed E-state index contributed by atoms with van der Waals surface area (Å²) in [5, 5.41) is 10.5. The van der Waals surface area contributed by atoms with Crippen molar-refractivity contribution in [3.63, 3.8) is 0 Å². The number of carbonyl (C=O) groups is 1. The Balaban J connectivity index is 1.50. The number of nitrogens with zero attached hydrogens (tertiary/aromatic N) is 3. The number of nitrogens with one attached hydrogen (secondary N) is 2. The van der Waals surface area contributed by atoms with E-state index in [1.807, 2.05) is 38.1 Å². The number of fused-ring (bicyclic) bond motifs is 1. The van der Waals surface area contributed by atoms with E-state index < -0.39 is 6.04 Å². The molecule has 0 unspecified atom stereocenters. The highest BCUT2D eigenvalue weighted by molar-refractivity contribution is 6.06. The van der Waals surface area contributed by atoms with Gasteiger partial charge in [0, 0.05) is 11.3 Å². The summed E-state index contributed by atoms with van der Waals surface area (Å²) in [5.41, 5.74) is 2.78. The number of hydrogen-bond acceptors (Lipinski definition) is 7. The van der Waals surface area contributed by atoms with Crippen molar-refractivity contribution in [2.45, 2.75) is 26.5 Å². The van der Waals surface area contributed by atoms with Crippen LogP contribution in [-0.2, 0) is 11.4 Å². The molecule has 0 saturated heterocycles. The molecular formula is C29H28FN5O4. The fraction of sp³-hybridized carbons (Fsp3) is 0.207. The number of halogens is 1. The van der Waals surface area contributed by atoms with Crippen LogP contribution in [0.15, 0.2) is 84.3 Å². The summed E-state index contributed by atoms with van der Waals surface area (Å²) in [6.45, 7) is 4.11. The van der Waals surface area contributed by atoms with Gasteiger partial charge >= 0.3 is 0 Å². The molecule has 1 aromatic heterocycles. The number of rotatable bonds is 9. The van der Waals surface area contributed by atoms with Gasteiger partial charge in [0.05, 0.1) is 25.0 Å². The molecule has 1 aliphatic heterocycles. The Bertz CT molecular complexity index is 1530. The number of methoxy groups -OCH3 is 1. The standard InChI is InChI=1S/C29H28FN5O4/c1-4-38-25-15-19(13-14-24(25)39-16-20-9-5-6-10-21(20)30)27-26(18(2)33-29-31-17-32-35(27)29)28(36)34-22-11-7-8-12-23(22)37-3/h5-15,17,27H,4,16H2,1-3H3,(H,34,36)(H,31,32,33)/t27-/m1/s1. The molecule has 4 aromatic rings. The van der Waals surface area contributed by atoms with Crippen molar-refractivity contribution in [3.8, 4) is 17.2 Å². The lowest BCUT2D eigenvalue weighted by molar-refractivity contribution is -0.113. The van der Waals surface area contributed by atoms with Gasteiger partial charge in [-0.05, 0) is 49.7 Å². The largest absolute Gasteiger partial charge is 0.495 e. The molecule has 0 fully saturated rings. The van der Waals surface area contributed by atoms with Crippen molar-refractivity contribution < 1.29 is 23.4 Å². The third-order valence-electron chi connectivity index (χ3n) is 6.32. The fourth-order valence-electron chi connectivity index (χ4n) is 4.48. The molecule has 1 aliphatic rings. The van der Waals surface area contributed by atoms with Crippen molar-refractivity contribution in [3.05, 3.63) is 101 Å². The van der Waals surface area contributed by atoms with Gasteiger partial charge in [0.2, 0.25) is 5.95 Å². The second kappa shape index (κ2) is 11.3. The first-order valence-electron chi connectivity index (χ1n) is 12.4. The van der Waals surface area contributed by atoms with Gasteiger partial charge in [-0.15, -0.1) is 0 Å². The van der Waals surface area contributed by atoms with Crippen LogP contribution in [0.25, 0.3) is 0 Å². The highest BCUT2D eigenvalue weighted by Crippen LogP contribution is 2.39. The Morgan fingerprint density at radius 2 is 1.85 bits per heavy atom. The van der Waals surface area contributed by atoms with Crippen molar-refractivity contribution in [1.29, 1.82) is 0 Å². The van der Waals surface area contributed by atoms with Gasteiger partial charge in [-0.1, -0.05) is 36.4 Å². The Hall–Kier alpha value is -4.86. The molecule has 1 amide bonds. The highest BCUT2D eigenvalue weighted by Gasteiger charge is 2.34. The molecule has 3 aromatic carbocycles. The number of amides is 1. The molecule has 5 rings (SSSR count). The van der Waals surface area contributed by atoms with E-state index in [0.29, 0.717) is 52.3 Å². The Labute approximate surface area is 225 Å². The van der Waals surface area contributed by atoms with E-state index in [1.54, 1.807) is 48.2 Å². The monoisotopic (exact) mass is 529 g/mol. The van der Waals surface area contributed by atoms with Crippen LogP contribution in [0.3, 0.4) is 0 Å².